The number of hydrogen-bond acceptors (Lipinski definition) is 10. The number of benzene rings is 4. The lowest BCUT2D eigenvalue weighted by atomic mass is 9.83. The number of phenols is 6. The van der Waals surface area contributed by atoms with Crippen molar-refractivity contribution in [1.29, 1.82) is 0 Å². The molecule has 4 aromatic rings. The van der Waals surface area contributed by atoms with E-state index in [4.69, 9.17) is 35.9 Å². The normalized spacial score (nSPS) is 11.9. The van der Waals surface area contributed by atoms with E-state index in [0.717, 1.165) is 0 Å². The topological polar surface area (TPSA) is 222 Å². The Labute approximate surface area is 275 Å². The molecule has 0 aliphatic rings. The van der Waals surface area contributed by atoms with Crippen LogP contribution in [0.25, 0.3) is 32.7 Å². The summed E-state index contributed by atoms with van der Waals surface area (Å²) in [6.07, 6.45) is 2.34. The average molecular weight is 665 g/mol. The molecule has 0 saturated carbocycles. The maximum absolute atomic E-state index is 12.0. The zero-order chi connectivity index (χ0) is 34.4. The second-order valence-corrected chi connectivity index (χ2v) is 12.4. The third kappa shape index (κ3) is 5.72. The Bertz CT molecular complexity index is 1860. The van der Waals surface area contributed by atoms with Crippen LogP contribution in [0.3, 0.4) is 0 Å². The van der Waals surface area contributed by atoms with Crippen molar-refractivity contribution in [2.45, 2.75) is 53.4 Å². The Morgan fingerprint density at radius 1 is 0.630 bits per heavy atom. The lowest BCUT2D eigenvalue weighted by Crippen LogP contribution is -2.24. The van der Waals surface area contributed by atoms with Gasteiger partial charge in [0, 0.05) is 33.0 Å². The predicted molar refractivity (Wildman–Crippen MR) is 190 cm³/mol. The maximum Gasteiger partial charge on any atom is 0.184 e. The average Bonchev–Trinajstić information content (AvgIpc) is 2.94. The Hall–Kier alpha value is -5.08. The molecule has 12 N–H and O–H groups in total. The van der Waals surface area contributed by atoms with Gasteiger partial charge in [-0.15, -0.1) is 0 Å². The molecule has 14 heteroatoms. The Morgan fingerprint density at radius 3 is 1.24 bits per heavy atom. The van der Waals surface area contributed by atoms with E-state index in [1.165, 1.54) is 12.4 Å². The molecule has 0 aliphatic carbocycles. The lowest BCUT2D eigenvalue weighted by molar-refractivity contribution is 0.398. The fraction of sp³-hybridized carbons (Fsp3) is 0.250. The van der Waals surface area contributed by atoms with Crippen molar-refractivity contribution in [3.05, 3.63) is 45.5 Å². The molecule has 4 rings (SSSR count). The Kier molecular flexibility index (Phi) is 9.36. The van der Waals surface area contributed by atoms with E-state index < -0.39 is 11.5 Å². The molecule has 0 aromatic heterocycles. The highest BCUT2D eigenvalue weighted by Crippen LogP contribution is 2.54. The molecular weight excluding hydrogens is 629 g/mol. The molecule has 0 aliphatic heterocycles. The van der Waals surface area contributed by atoms with Crippen molar-refractivity contribution < 1.29 is 30.6 Å². The fourth-order valence-corrected chi connectivity index (χ4v) is 6.05. The van der Waals surface area contributed by atoms with Crippen molar-refractivity contribution in [1.82, 2.24) is 10.9 Å². The monoisotopic (exact) mass is 664 g/mol. The molecule has 4 aromatic carbocycles. The third-order valence-corrected chi connectivity index (χ3v) is 7.91. The summed E-state index contributed by atoms with van der Waals surface area (Å²) in [7, 11) is 0. The second-order valence-electron chi connectivity index (χ2n) is 11.5. The van der Waals surface area contributed by atoms with E-state index >= 15 is 0 Å². The van der Waals surface area contributed by atoms with Crippen molar-refractivity contribution in [2.75, 3.05) is 0 Å². The number of phenolic OH excluding ortho intramolecular Hbond substituents is 6. The number of fused-ring (bicyclic) bond motifs is 2. The summed E-state index contributed by atoms with van der Waals surface area (Å²) in [5.74, 6) is -2.98. The van der Waals surface area contributed by atoms with Crippen LogP contribution < -0.4 is 22.3 Å². The van der Waals surface area contributed by atoms with E-state index in [1.807, 2.05) is 27.7 Å². The van der Waals surface area contributed by atoms with Gasteiger partial charge in [-0.3, -0.25) is 10.9 Å². The van der Waals surface area contributed by atoms with Gasteiger partial charge >= 0.3 is 0 Å². The van der Waals surface area contributed by atoms with Crippen LogP contribution in [0.5, 0.6) is 34.5 Å². The van der Waals surface area contributed by atoms with Gasteiger partial charge in [-0.2, -0.15) is 10.2 Å². The molecule has 46 heavy (non-hydrogen) atoms. The third-order valence-electron chi connectivity index (χ3n) is 7.73. The van der Waals surface area contributed by atoms with Crippen LogP contribution in [0.1, 0.15) is 72.9 Å². The summed E-state index contributed by atoms with van der Waals surface area (Å²) in [5, 5.41) is 77.1. The van der Waals surface area contributed by atoms with Crippen molar-refractivity contribution in [3.8, 4) is 45.6 Å². The first-order valence-electron chi connectivity index (χ1n) is 14.2. The van der Waals surface area contributed by atoms with E-state index in [-0.39, 0.29) is 78.1 Å². The van der Waals surface area contributed by atoms with Crippen LogP contribution in [0.2, 0.25) is 0 Å². The largest absolute Gasteiger partial charge is 0.507 e. The van der Waals surface area contributed by atoms with Gasteiger partial charge < -0.3 is 42.1 Å². The van der Waals surface area contributed by atoms with E-state index in [0.29, 0.717) is 33.0 Å². The van der Waals surface area contributed by atoms with Gasteiger partial charge in [0.25, 0.3) is 0 Å². The first-order valence-corrected chi connectivity index (χ1v) is 15.0. The van der Waals surface area contributed by atoms with Gasteiger partial charge in [0.05, 0.1) is 23.6 Å². The molecule has 12 nitrogen and oxygen atoms in total. The molecule has 0 fully saturated rings. The minimum Gasteiger partial charge on any atom is -0.507 e. The minimum absolute atomic E-state index is 0.0290. The molecule has 0 atom stereocenters. The number of hydrogen-bond donors (Lipinski definition) is 10. The van der Waals surface area contributed by atoms with Gasteiger partial charge in [-0.25, -0.2) is 0 Å². The van der Waals surface area contributed by atoms with Crippen LogP contribution in [0.4, 0.5) is 0 Å². The van der Waals surface area contributed by atoms with Gasteiger partial charge in [0.1, 0.15) is 11.5 Å². The maximum atomic E-state index is 12.0. The summed E-state index contributed by atoms with van der Waals surface area (Å²) >= 11 is 9.62. The van der Waals surface area contributed by atoms with Crippen molar-refractivity contribution >= 4 is 68.6 Å². The number of nitrogens with zero attached hydrogens (tertiary/aromatic N) is 2. The molecule has 0 spiro atoms. The van der Waals surface area contributed by atoms with Crippen LogP contribution in [0.15, 0.2) is 22.3 Å². The molecule has 0 bridgehead atoms. The fourth-order valence-electron chi connectivity index (χ4n) is 5.94. The quantitative estimate of drug-likeness (QED) is 0.0540. The molecule has 0 heterocycles. The summed E-state index contributed by atoms with van der Waals surface area (Å²) in [5.41, 5.74) is 18.0. The number of aryl methyl sites for hydroxylation is 2. The summed E-state index contributed by atoms with van der Waals surface area (Å²) < 4.78 is 0. The number of nitrogens with one attached hydrogen (secondary N) is 2. The van der Waals surface area contributed by atoms with Crippen molar-refractivity contribution in [2.24, 2.45) is 21.7 Å². The molecule has 0 radical (unpaired) electrons. The molecular formula is C32H36N6O6S2. The lowest BCUT2D eigenvalue weighted by Gasteiger charge is -2.23. The van der Waals surface area contributed by atoms with Gasteiger partial charge in [0.15, 0.2) is 33.2 Å². The zero-order valence-corrected chi connectivity index (χ0v) is 27.6. The van der Waals surface area contributed by atoms with E-state index in [9.17, 15) is 30.6 Å². The smallest absolute Gasteiger partial charge is 0.184 e. The van der Waals surface area contributed by atoms with E-state index in [1.54, 1.807) is 26.0 Å². The van der Waals surface area contributed by atoms with Gasteiger partial charge in [-0.05, 0) is 72.0 Å². The highest BCUT2D eigenvalue weighted by molar-refractivity contribution is 7.80. The van der Waals surface area contributed by atoms with Crippen LogP contribution in [-0.2, 0) is 0 Å². The first kappa shape index (κ1) is 33.8. The minimum atomic E-state index is -0.528. The number of hydrazone groups is 2. The Morgan fingerprint density at radius 2 is 0.957 bits per heavy atom. The molecule has 0 amide bonds. The van der Waals surface area contributed by atoms with Crippen LogP contribution >= 0.6 is 24.4 Å². The zero-order valence-electron chi connectivity index (χ0n) is 26.0. The SMILES string of the molecule is Cc1cc2c(C(C)C)c(O)c(O)c(/C=N/NC(N)=S)c2c(O)c1-c1c(C)cc2c(C(C)C)c(O)c(O)c(/C=N/NC(N)=S)c2c1O. The second kappa shape index (κ2) is 12.7. The molecule has 242 valence electrons. The first-order chi connectivity index (χ1) is 21.5. The Balaban J connectivity index is 2.23. The molecule has 0 saturated heterocycles. The van der Waals surface area contributed by atoms with Crippen molar-refractivity contribution in [3.63, 3.8) is 0 Å². The number of rotatable bonds is 7. The summed E-state index contributed by atoms with van der Waals surface area (Å²) in [6.45, 7) is 10.8. The van der Waals surface area contributed by atoms with Crippen LogP contribution in [0, 0.1) is 13.8 Å². The van der Waals surface area contributed by atoms with Gasteiger partial charge in [-0.1, -0.05) is 39.8 Å². The number of aromatic hydroxyl groups is 6. The van der Waals surface area contributed by atoms with E-state index in [2.05, 4.69) is 21.1 Å². The summed E-state index contributed by atoms with van der Waals surface area (Å²) in [4.78, 5) is 0. The highest BCUT2D eigenvalue weighted by Gasteiger charge is 2.29. The summed E-state index contributed by atoms with van der Waals surface area (Å²) in [6, 6.07) is 3.48. The number of thiocarbonyl (C=S) groups is 2. The number of nitrogens with two attached hydrogens (primary N) is 2. The highest BCUT2D eigenvalue weighted by atomic mass is 32.1. The van der Waals surface area contributed by atoms with Crippen LogP contribution in [-0.4, -0.2) is 53.3 Å². The predicted octanol–water partition coefficient (Wildman–Crippen LogP) is 5.09. The molecule has 0 unspecified atom stereocenters. The standard InChI is InChI=1S/C32H36N6O6S2/c1-11(2)19-15-7-13(5)21(27(41)23(15)17(25(39)29(19)43)9-35-37-31(33)45)22-14(6)8-16-20(12(3)4)30(44)26(40)18(24(16)28(22)42)10-36-38-32(34)46/h7-12,39-44H,1-6H3,(H3,33,37,45)(H3,34,38,46)/b35-9+,36-10+. The van der Waals surface area contributed by atoms with Gasteiger partial charge in [0.2, 0.25) is 0 Å².